The van der Waals surface area contributed by atoms with Crippen LogP contribution in [0.25, 0.3) is 0 Å². The standard InChI is InChI=1S/C9H16N2O2/c1-9(13)8-11-4-2-10(3-5-11)6-7-12/h7H,2-6,8H2,1H3. The lowest BCUT2D eigenvalue weighted by Crippen LogP contribution is -2.48. The number of hydrogen-bond acceptors (Lipinski definition) is 4. The molecule has 0 aromatic heterocycles. The second kappa shape index (κ2) is 5.09. The van der Waals surface area contributed by atoms with Gasteiger partial charge < -0.3 is 4.79 Å². The van der Waals surface area contributed by atoms with E-state index in [0.29, 0.717) is 13.1 Å². The van der Waals surface area contributed by atoms with Crippen LogP contribution in [0.4, 0.5) is 0 Å². The van der Waals surface area contributed by atoms with Crippen LogP contribution in [0.15, 0.2) is 0 Å². The molecule has 13 heavy (non-hydrogen) atoms. The Morgan fingerprint density at radius 2 is 1.77 bits per heavy atom. The number of nitrogens with zero attached hydrogens (tertiary/aromatic N) is 2. The van der Waals surface area contributed by atoms with Gasteiger partial charge in [0.25, 0.3) is 0 Å². The predicted molar refractivity (Wildman–Crippen MR) is 49.6 cm³/mol. The van der Waals surface area contributed by atoms with Crippen LogP contribution in [0, 0.1) is 0 Å². The Balaban J connectivity index is 2.22. The van der Waals surface area contributed by atoms with E-state index >= 15 is 0 Å². The summed E-state index contributed by atoms with van der Waals surface area (Å²) in [5.41, 5.74) is 0. The smallest absolute Gasteiger partial charge is 0.143 e. The van der Waals surface area contributed by atoms with Crippen molar-refractivity contribution in [3.63, 3.8) is 0 Å². The summed E-state index contributed by atoms with van der Waals surface area (Å²) in [5.74, 6) is 0.212. The van der Waals surface area contributed by atoms with Crippen LogP contribution in [0.1, 0.15) is 6.92 Å². The van der Waals surface area contributed by atoms with Gasteiger partial charge >= 0.3 is 0 Å². The third-order valence-electron chi connectivity index (χ3n) is 2.24. The molecule has 0 saturated carbocycles. The Labute approximate surface area is 78.5 Å². The number of rotatable bonds is 4. The number of piperazine rings is 1. The normalized spacial score (nSPS) is 20.1. The van der Waals surface area contributed by atoms with Crippen LogP contribution in [-0.2, 0) is 9.59 Å². The molecule has 1 rings (SSSR count). The summed E-state index contributed by atoms with van der Waals surface area (Å²) in [5, 5.41) is 0. The molecule has 0 unspecified atom stereocenters. The van der Waals surface area contributed by atoms with Crippen molar-refractivity contribution in [2.75, 3.05) is 39.3 Å². The molecule has 1 fully saturated rings. The van der Waals surface area contributed by atoms with Crippen LogP contribution < -0.4 is 0 Å². The van der Waals surface area contributed by atoms with Gasteiger partial charge in [-0.15, -0.1) is 0 Å². The highest BCUT2D eigenvalue weighted by molar-refractivity contribution is 5.77. The fraction of sp³-hybridized carbons (Fsp3) is 0.778. The zero-order valence-electron chi connectivity index (χ0n) is 8.03. The van der Waals surface area contributed by atoms with Gasteiger partial charge in [0, 0.05) is 26.2 Å². The van der Waals surface area contributed by atoms with Crippen LogP contribution in [0.5, 0.6) is 0 Å². The van der Waals surface area contributed by atoms with E-state index in [9.17, 15) is 9.59 Å². The lowest BCUT2D eigenvalue weighted by Gasteiger charge is -2.32. The lowest BCUT2D eigenvalue weighted by molar-refractivity contribution is -0.119. The van der Waals surface area contributed by atoms with Crippen molar-refractivity contribution < 1.29 is 9.59 Å². The van der Waals surface area contributed by atoms with Gasteiger partial charge in [-0.2, -0.15) is 0 Å². The monoisotopic (exact) mass is 184 g/mol. The summed E-state index contributed by atoms with van der Waals surface area (Å²) in [6, 6.07) is 0. The first kappa shape index (κ1) is 10.3. The molecule has 4 heteroatoms. The van der Waals surface area contributed by atoms with E-state index in [0.717, 1.165) is 32.5 Å². The SMILES string of the molecule is CC(=O)CN1CCN(CC=O)CC1. The van der Waals surface area contributed by atoms with Crippen molar-refractivity contribution in [1.29, 1.82) is 0 Å². The maximum absolute atomic E-state index is 10.8. The Kier molecular flexibility index (Phi) is 4.05. The van der Waals surface area contributed by atoms with E-state index in [1.54, 1.807) is 6.92 Å². The second-order valence-electron chi connectivity index (χ2n) is 3.45. The molecule has 4 nitrogen and oxygen atoms in total. The summed E-state index contributed by atoms with van der Waals surface area (Å²) >= 11 is 0. The van der Waals surface area contributed by atoms with Crippen molar-refractivity contribution in [2.24, 2.45) is 0 Å². The third kappa shape index (κ3) is 3.65. The van der Waals surface area contributed by atoms with Crippen LogP contribution in [0.2, 0.25) is 0 Å². The Hall–Kier alpha value is -0.740. The maximum Gasteiger partial charge on any atom is 0.143 e. The van der Waals surface area contributed by atoms with Gasteiger partial charge in [-0.05, 0) is 6.92 Å². The van der Waals surface area contributed by atoms with Gasteiger partial charge in [0.15, 0.2) is 0 Å². The summed E-state index contributed by atoms with van der Waals surface area (Å²) < 4.78 is 0. The molecule has 74 valence electrons. The average molecular weight is 184 g/mol. The van der Waals surface area contributed by atoms with Crippen molar-refractivity contribution in [3.05, 3.63) is 0 Å². The van der Waals surface area contributed by atoms with Gasteiger partial charge in [0.1, 0.15) is 12.1 Å². The summed E-state index contributed by atoms with van der Waals surface area (Å²) in [6.07, 6.45) is 0.931. The molecule has 1 heterocycles. The van der Waals surface area contributed by atoms with Gasteiger partial charge in [0.05, 0.1) is 13.1 Å². The Morgan fingerprint density at radius 3 is 2.23 bits per heavy atom. The van der Waals surface area contributed by atoms with Crippen LogP contribution >= 0.6 is 0 Å². The first-order chi connectivity index (χ1) is 6.22. The van der Waals surface area contributed by atoms with E-state index in [2.05, 4.69) is 9.80 Å². The highest BCUT2D eigenvalue weighted by Gasteiger charge is 2.16. The predicted octanol–water partition coefficient (Wildman–Crippen LogP) is -0.608. The summed E-state index contributed by atoms with van der Waals surface area (Å²) in [6.45, 7) is 6.26. The largest absolute Gasteiger partial charge is 0.302 e. The number of carbonyl (C=O) groups excluding carboxylic acids is 2. The minimum Gasteiger partial charge on any atom is -0.302 e. The van der Waals surface area contributed by atoms with Gasteiger partial charge in [-0.25, -0.2) is 0 Å². The Morgan fingerprint density at radius 1 is 1.23 bits per heavy atom. The second-order valence-corrected chi connectivity index (χ2v) is 3.45. The number of aldehydes is 1. The molecule has 0 atom stereocenters. The van der Waals surface area contributed by atoms with Crippen molar-refractivity contribution in [2.45, 2.75) is 6.92 Å². The van der Waals surface area contributed by atoms with Crippen molar-refractivity contribution in [3.8, 4) is 0 Å². The molecule has 0 aliphatic carbocycles. The summed E-state index contributed by atoms with van der Waals surface area (Å²) in [4.78, 5) is 25.3. The summed E-state index contributed by atoms with van der Waals surface area (Å²) in [7, 11) is 0. The number of hydrogen-bond donors (Lipinski definition) is 0. The lowest BCUT2D eigenvalue weighted by atomic mass is 10.3. The van der Waals surface area contributed by atoms with Crippen LogP contribution in [-0.4, -0.2) is 61.1 Å². The Bertz CT molecular complexity index is 186. The van der Waals surface area contributed by atoms with Gasteiger partial charge in [0.2, 0.25) is 0 Å². The number of Topliss-reactive ketones (excluding diaryl/α,β-unsaturated/α-hetero) is 1. The maximum atomic E-state index is 10.8. The minimum absolute atomic E-state index is 0.212. The molecule has 1 aliphatic heterocycles. The van der Waals surface area contributed by atoms with E-state index < -0.39 is 0 Å². The fourth-order valence-electron chi connectivity index (χ4n) is 1.55. The molecule has 0 bridgehead atoms. The van der Waals surface area contributed by atoms with E-state index in [-0.39, 0.29) is 5.78 Å². The quantitative estimate of drug-likeness (QED) is 0.547. The molecule has 0 aromatic carbocycles. The van der Waals surface area contributed by atoms with Gasteiger partial charge in [-0.3, -0.25) is 14.6 Å². The molecule has 0 aromatic rings. The number of ketones is 1. The minimum atomic E-state index is 0.212. The first-order valence-corrected chi connectivity index (χ1v) is 4.60. The molecule has 1 saturated heterocycles. The first-order valence-electron chi connectivity index (χ1n) is 4.60. The zero-order chi connectivity index (χ0) is 9.68. The van der Waals surface area contributed by atoms with E-state index in [4.69, 9.17) is 0 Å². The molecule has 0 radical (unpaired) electrons. The van der Waals surface area contributed by atoms with E-state index in [1.807, 2.05) is 0 Å². The average Bonchev–Trinajstić information content (AvgIpc) is 2.08. The highest BCUT2D eigenvalue weighted by Crippen LogP contribution is 1.99. The number of carbonyl (C=O) groups is 2. The topological polar surface area (TPSA) is 40.6 Å². The third-order valence-corrected chi connectivity index (χ3v) is 2.24. The fourth-order valence-corrected chi connectivity index (χ4v) is 1.55. The molecule has 0 amide bonds. The molecule has 0 N–H and O–H groups in total. The van der Waals surface area contributed by atoms with Gasteiger partial charge in [-0.1, -0.05) is 0 Å². The zero-order valence-corrected chi connectivity index (χ0v) is 8.03. The molecule has 0 spiro atoms. The molecular formula is C9H16N2O2. The van der Waals surface area contributed by atoms with E-state index in [1.165, 1.54) is 0 Å². The molecule has 1 aliphatic rings. The van der Waals surface area contributed by atoms with Crippen molar-refractivity contribution in [1.82, 2.24) is 9.80 Å². The van der Waals surface area contributed by atoms with Crippen molar-refractivity contribution >= 4 is 12.1 Å². The molecular weight excluding hydrogens is 168 g/mol. The van der Waals surface area contributed by atoms with Crippen LogP contribution in [0.3, 0.4) is 0 Å². The highest BCUT2D eigenvalue weighted by atomic mass is 16.1.